The zero-order chi connectivity index (χ0) is 18.7. The maximum Gasteiger partial charge on any atom is 0.208 e. The van der Waals surface area contributed by atoms with Gasteiger partial charge in [-0.25, -0.2) is 9.98 Å². The molecule has 3 aliphatic heterocycles. The largest absolute Gasteiger partial charge is 0.394 e. The molecule has 3 heterocycles. The van der Waals surface area contributed by atoms with Crippen LogP contribution < -0.4 is 11.5 Å². The summed E-state index contributed by atoms with van der Waals surface area (Å²) in [5, 5.41) is 30.7. The van der Waals surface area contributed by atoms with Gasteiger partial charge in [0.15, 0.2) is 11.6 Å². The number of rotatable bonds is 3. The summed E-state index contributed by atoms with van der Waals surface area (Å²) in [5.41, 5.74) is 10.9. The summed E-state index contributed by atoms with van der Waals surface area (Å²) in [7, 11) is 0. The number of hydrogen-bond acceptors (Lipinski definition) is 10. The Morgan fingerprint density at radius 3 is 2.73 bits per heavy atom. The van der Waals surface area contributed by atoms with E-state index in [1.807, 2.05) is 0 Å². The number of ether oxygens (including phenoxy) is 1. The van der Waals surface area contributed by atoms with Gasteiger partial charge in [0.05, 0.1) is 6.61 Å². The van der Waals surface area contributed by atoms with Gasteiger partial charge < -0.3 is 25.0 Å². The molecule has 0 aromatic carbocycles. The van der Waals surface area contributed by atoms with Crippen LogP contribution in [0, 0.1) is 5.92 Å². The highest BCUT2D eigenvalue weighted by atomic mass is 35.5. The van der Waals surface area contributed by atoms with Crippen LogP contribution in [0.25, 0.3) is 0 Å². The van der Waals surface area contributed by atoms with Gasteiger partial charge in [0.2, 0.25) is 5.79 Å². The van der Waals surface area contributed by atoms with Gasteiger partial charge in [-0.15, -0.1) is 11.6 Å². The maximum atomic E-state index is 11.0. The van der Waals surface area contributed by atoms with E-state index in [-0.39, 0.29) is 23.7 Å². The Labute approximate surface area is 155 Å². The van der Waals surface area contributed by atoms with Crippen molar-refractivity contribution in [1.82, 2.24) is 4.90 Å². The van der Waals surface area contributed by atoms with E-state index in [2.05, 4.69) is 15.0 Å². The number of fused-ring (bicyclic) bond motifs is 1. The lowest BCUT2D eigenvalue weighted by Crippen LogP contribution is -2.66. The highest BCUT2D eigenvalue weighted by Crippen LogP contribution is 2.49. The van der Waals surface area contributed by atoms with Crippen molar-refractivity contribution in [2.45, 2.75) is 54.5 Å². The molecule has 1 saturated carbocycles. The first kappa shape index (κ1) is 18.2. The molecule has 0 amide bonds. The summed E-state index contributed by atoms with van der Waals surface area (Å²) >= 11 is 6.55. The lowest BCUT2D eigenvalue weighted by Gasteiger charge is -2.46. The molecular formula is C15H23ClN6O4. The SMILES string of the molecule is NC1(N)N=CN=C2C1=NCN2[C@]1(C2CCCC2Cl)O[C@H](CO)[C@@H](O)[C@H]1O. The fraction of sp³-hybridized carbons (Fsp3) is 0.800. The van der Waals surface area contributed by atoms with E-state index in [1.165, 1.54) is 6.34 Å². The zero-order valence-corrected chi connectivity index (χ0v) is 14.8. The van der Waals surface area contributed by atoms with Crippen molar-refractivity contribution in [3.8, 4) is 0 Å². The Morgan fingerprint density at radius 2 is 2.12 bits per heavy atom. The molecule has 0 aromatic heterocycles. The van der Waals surface area contributed by atoms with Crippen LogP contribution in [-0.4, -0.2) is 86.6 Å². The number of hydrogen-bond donors (Lipinski definition) is 5. The number of halogens is 1. The van der Waals surface area contributed by atoms with Gasteiger partial charge >= 0.3 is 0 Å². The van der Waals surface area contributed by atoms with Crippen molar-refractivity contribution in [2.75, 3.05) is 13.3 Å². The summed E-state index contributed by atoms with van der Waals surface area (Å²) in [6, 6.07) is 0. The number of aliphatic hydroxyl groups excluding tert-OH is 3. The number of alkyl halides is 1. The number of nitrogens with zero attached hydrogens (tertiary/aromatic N) is 4. The van der Waals surface area contributed by atoms with E-state index < -0.39 is 36.4 Å². The van der Waals surface area contributed by atoms with E-state index in [0.717, 1.165) is 12.8 Å². The van der Waals surface area contributed by atoms with Crippen LogP contribution in [0.5, 0.6) is 0 Å². The average Bonchev–Trinajstić information content (AvgIpc) is 3.28. The summed E-state index contributed by atoms with van der Waals surface area (Å²) in [4.78, 5) is 14.2. The predicted molar refractivity (Wildman–Crippen MR) is 94.9 cm³/mol. The van der Waals surface area contributed by atoms with Crippen LogP contribution in [0.1, 0.15) is 19.3 Å². The zero-order valence-electron chi connectivity index (χ0n) is 14.1. The Balaban J connectivity index is 1.79. The van der Waals surface area contributed by atoms with Crippen LogP contribution in [0.15, 0.2) is 15.0 Å². The van der Waals surface area contributed by atoms with Gasteiger partial charge in [-0.3, -0.25) is 16.5 Å². The smallest absolute Gasteiger partial charge is 0.208 e. The minimum atomic E-state index is -1.53. The molecule has 7 N–H and O–H groups in total. The predicted octanol–water partition coefficient (Wildman–Crippen LogP) is -2.07. The third kappa shape index (κ3) is 2.37. The fourth-order valence-corrected chi connectivity index (χ4v) is 4.91. The molecular weight excluding hydrogens is 364 g/mol. The summed E-state index contributed by atoms with van der Waals surface area (Å²) in [5.74, 6) is -1.49. The third-order valence-electron chi connectivity index (χ3n) is 5.70. The minimum Gasteiger partial charge on any atom is -0.394 e. The van der Waals surface area contributed by atoms with Crippen LogP contribution in [0.4, 0.5) is 0 Å². The van der Waals surface area contributed by atoms with Gasteiger partial charge in [-0.2, -0.15) is 0 Å². The first-order chi connectivity index (χ1) is 12.3. The molecule has 26 heavy (non-hydrogen) atoms. The second kappa shape index (κ2) is 6.20. The van der Waals surface area contributed by atoms with Gasteiger partial charge in [0.25, 0.3) is 0 Å². The topological polar surface area (TPSA) is 162 Å². The molecule has 0 bridgehead atoms. The number of aliphatic hydroxyl groups is 3. The van der Waals surface area contributed by atoms with Gasteiger partial charge in [0, 0.05) is 11.3 Å². The van der Waals surface area contributed by atoms with Crippen LogP contribution in [0.2, 0.25) is 0 Å². The molecule has 4 rings (SSSR count). The lowest BCUT2D eigenvalue weighted by atomic mass is 9.86. The maximum absolute atomic E-state index is 11.0. The third-order valence-corrected chi connectivity index (χ3v) is 6.22. The van der Waals surface area contributed by atoms with E-state index in [4.69, 9.17) is 27.8 Å². The fourth-order valence-electron chi connectivity index (χ4n) is 4.45. The molecule has 2 fully saturated rings. The van der Waals surface area contributed by atoms with Crippen LogP contribution in [-0.2, 0) is 4.74 Å². The molecule has 0 spiro atoms. The standard InChI is InChI=1S/C15H23ClN6O4/c16-8-3-1-2-7(8)14(12(25)10(24)9(4-23)26-14)22-6-20-11-13(22)19-5-21-15(11,17)18/h5,7-10,12,23-25H,1-4,6,17-18H2/t7?,8?,9-,10-,12-,14-/m1/s1. The van der Waals surface area contributed by atoms with Crippen LogP contribution in [0.3, 0.4) is 0 Å². The Kier molecular flexibility index (Phi) is 4.35. The summed E-state index contributed by atoms with van der Waals surface area (Å²) < 4.78 is 6.09. The monoisotopic (exact) mass is 386 g/mol. The van der Waals surface area contributed by atoms with E-state index >= 15 is 0 Å². The second-order valence-electron chi connectivity index (χ2n) is 7.18. The summed E-state index contributed by atoms with van der Waals surface area (Å²) in [6.07, 6.45) is 0.0311. The van der Waals surface area contributed by atoms with Crippen molar-refractivity contribution >= 4 is 29.5 Å². The first-order valence-corrected chi connectivity index (χ1v) is 9.07. The van der Waals surface area contributed by atoms with Crippen molar-refractivity contribution in [2.24, 2.45) is 32.4 Å². The van der Waals surface area contributed by atoms with Crippen molar-refractivity contribution in [3.63, 3.8) is 0 Å². The molecule has 144 valence electrons. The van der Waals surface area contributed by atoms with Crippen molar-refractivity contribution in [3.05, 3.63) is 0 Å². The minimum absolute atomic E-state index is 0.0791. The Morgan fingerprint density at radius 1 is 1.35 bits per heavy atom. The van der Waals surface area contributed by atoms with Gasteiger partial charge in [-0.05, 0) is 12.8 Å². The average molecular weight is 387 g/mol. The number of amidine groups is 1. The molecule has 0 radical (unpaired) electrons. The van der Waals surface area contributed by atoms with Crippen LogP contribution >= 0.6 is 11.6 Å². The Bertz CT molecular complexity index is 685. The highest BCUT2D eigenvalue weighted by molar-refractivity contribution is 6.47. The summed E-state index contributed by atoms with van der Waals surface area (Å²) in [6.45, 7) is -0.359. The molecule has 10 nitrogen and oxygen atoms in total. The number of nitrogens with two attached hydrogens (primary N) is 2. The molecule has 1 saturated heterocycles. The molecule has 2 unspecified atom stereocenters. The van der Waals surface area contributed by atoms with E-state index in [0.29, 0.717) is 12.3 Å². The molecule has 6 atom stereocenters. The quantitative estimate of drug-likeness (QED) is 0.275. The lowest BCUT2D eigenvalue weighted by molar-refractivity contribution is -0.191. The molecule has 4 aliphatic rings. The normalized spacial score (nSPS) is 44.2. The first-order valence-electron chi connectivity index (χ1n) is 8.64. The molecule has 11 heteroatoms. The molecule has 0 aromatic rings. The van der Waals surface area contributed by atoms with Crippen molar-refractivity contribution in [1.29, 1.82) is 0 Å². The van der Waals surface area contributed by atoms with Gasteiger partial charge in [0.1, 0.15) is 37.0 Å². The van der Waals surface area contributed by atoms with Crippen molar-refractivity contribution < 1.29 is 20.1 Å². The second-order valence-corrected chi connectivity index (χ2v) is 7.74. The molecule has 1 aliphatic carbocycles. The highest BCUT2D eigenvalue weighted by Gasteiger charge is 2.65. The van der Waals surface area contributed by atoms with E-state index in [1.54, 1.807) is 4.90 Å². The van der Waals surface area contributed by atoms with Gasteiger partial charge in [-0.1, -0.05) is 6.42 Å². The Hall–Kier alpha value is -1.14. The van der Waals surface area contributed by atoms with E-state index in [9.17, 15) is 15.3 Å². The number of aliphatic imine (C=N–C) groups is 3.